The van der Waals surface area contributed by atoms with Gasteiger partial charge < -0.3 is 15.1 Å². The molecule has 1 aliphatic heterocycles. The molecule has 1 fully saturated rings. The Morgan fingerprint density at radius 2 is 2.14 bits per heavy atom. The van der Waals surface area contributed by atoms with Gasteiger partial charge in [-0.15, -0.1) is 0 Å². The number of carbonyl (C=O) groups excluding carboxylic acids is 1. The average Bonchev–Trinajstić information content (AvgIpc) is 2.76. The minimum absolute atomic E-state index is 0.0241. The minimum Gasteiger partial charge on any atom is -0.339 e. The van der Waals surface area contributed by atoms with E-state index < -0.39 is 5.82 Å². The van der Waals surface area contributed by atoms with Gasteiger partial charge in [-0.1, -0.05) is 24.2 Å². The van der Waals surface area contributed by atoms with Crippen molar-refractivity contribution in [1.29, 1.82) is 0 Å². The Morgan fingerprint density at radius 1 is 1.28 bits per heavy atom. The van der Waals surface area contributed by atoms with E-state index in [0.29, 0.717) is 35.8 Å². The topological polar surface area (TPSA) is 74.2 Å². The van der Waals surface area contributed by atoms with Crippen LogP contribution in [-0.2, 0) is 4.79 Å². The van der Waals surface area contributed by atoms with Crippen molar-refractivity contribution in [3.8, 4) is 0 Å². The number of carbonyl (C=O) groups is 1. The molecule has 0 atom stereocenters. The molecule has 1 amide bonds. The first-order chi connectivity index (χ1) is 14.1. The standard InChI is InChI=1S/C20H18ClFN6O/c1-2-18(29)28-8-4-7-27(12-28)17-9-13-16(10-23-17)24-11-25-20(13)26-15-6-3-5-14(21)19(15)22/h2-3,5-6,9-11H,1,4,7-8,12H2,(H,24,25,26). The van der Waals surface area contributed by atoms with Crippen LogP contribution in [0.2, 0.25) is 5.02 Å². The van der Waals surface area contributed by atoms with Crippen LogP contribution in [0.4, 0.5) is 21.7 Å². The first-order valence-corrected chi connectivity index (χ1v) is 9.42. The molecule has 0 radical (unpaired) electrons. The van der Waals surface area contributed by atoms with Crippen molar-refractivity contribution < 1.29 is 9.18 Å². The summed E-state index contributed by atoms with van der Waals surface area (Å²) in [4.78, 5) is 28.6. The maximum absolute atomic E-state index is 14.3. The molecule has 0 spiro atoms. The number of rotatable bonds is 4. The molecule has 3 heterocycles. The van der Waals surface area contributed by atoms with Crippen LogP contribution in [-0.4, -0.2) is 45.5 Å². The largest absolute Gasteiger partial charge is 0.339 e. The second-order valence-electron chi connectivity index (χ2n) is 6.57. The fourth-order valence-electron chi connectivity index (χ4n) is 3.24. The Kier molecular flexibility index (Phi) is 5.26. The van der Waals surface area contributed by atoms with E-state index >= 15 is 0 Å². The lowest BCUT2D eigenvalue weighted by Gasteiger charge is -2.35. The van der Waals surface area contributed by atoms with Gasteiger partial charge in [0.25, 0.3) is 0 Å². The maximum Gasteiger partial charge on any atom is 0.247 e. The number of pyridine rings is 1. The Balaban J connectivity index is 1.68. The number of hydrogen-bond acceptors (Lipinski definition) is 6. The molecule has 2 aromatic heterocycles. The van der Waals surface area contributed by atoms with Crippen LogP contribution in [0.15, 0.2) is 49.4 Å². The van der Waals surface area contributed by atoms with Crippen LogP contribution in [0.1, 0.15) is 6.42 Å². The van der Waals surface area contributed by atoms with Gasteiger partial charge in [0.2, 0.25) is 5.91 Å². The van der Waals surface area contributed by atoms with Gasteiger partial charge in [-0.3, -0.25) is 4.79 Å². The molecular weight excluding hydrogens is 395 g/mol. The van der Waals surface area contributed by atoms with E-state index in [4.69, 9.17) is 11.6 Å². The summed E-state index contributed by atoms with van der Waals surface area (Å²) in [5.41, 5.74) is 0.835. The van der Waals surface area contributed by atoms with Crippen LogP contribution in [0, 0.1) is 5.82 Å². The summed E-state index contributed by atoms with van der Waals surface area (Å²) < 4.78 is 14.3. The highest BCUT2D eigenvalue weighted by Gasteiger charge is 2.22. The summed E-state index contributed by atoms with van der Waals surface area (Å²) in [5.74, 6) is 0.460. The highest BCUT2D eigenvalue weighted by atomic mass is 35.5. The molecule has 7 nitrogen and oxygen atoms in total. The predicted molar refractivity (Wildman–Crippen MR) is 111 cm³/mol. The van der Waals surface area contributed by atoms with Gasteiger partial charge in [-0.05, 0) is 30.7 Å². The fraction of sp³-hybridized carbons (Fsp3) is 0.200. The molecule has 1 aromatic carbocycles. The van der Waals surface area contributed by atoms with E-state index in [9.17, 15) is 9.18 Å². The monoisotopic (exact) mass is 412 g/mol. The molecule has 0 unspecified atom stereocenters. The quantitative estimate of drug-likeness (QED) is 0.658. The molecule has 0 bridgehead atoms. The van der Waals surface area contributed by atoms with Gasteiger partial charge >= 0.3 is 0 Å². The van der Waals surface area contributed by atoms with Gasteiger partial charge in [0.15, 0.2) is 5.82 Å². The number of aromatic nitrogens is 3. The van der Waals surface area contributed by atoms with Crippen LogP contribution in [0.25, 0.3) is 10.9 Å². The Morgan fingerprint density at radius 3 is 2.97 bits per heavy atom. The molecule has 3 aromatic rings. The number of hydrogen-bond donors (Lipinski definition) is 1. The Labute approximate surface area is 171 Å². The number of benzene rings is 1. The number of amides is 1. The first-order valence-electron chi connectivity index (χ1n) is 9.05. The van der Waals surface area contributed by atoms with Crippen molar-refractivity contribution in [3.63, 3.8) is 0 Å². The lowest BCUT2D eigenvalue weighted by atomic mass is 10.2. The first kappa shape index (κ1) is 19.1. The van der Waals surface area contributed by atoms with Gasteiger partial charge in [-0.25, -0.2) is 19.3 Å². The number of halogens is 2. The van der Waals surface area contributed by atoms with E-state index in [0.717, 1.165) is 13.0 Å². The van der Waals surface area contributed by atoms with E-state index in [2.05, 4.69) is 26.8 Å². The van der Waals surface area contributed by atoms with Crippen molar-refractivity contribution in [2.75, 3.05) is 30.0 Å². The molecule has 148 valence electrons. The lowest BCUT2D eigenvalue weighted by Crippen LogP contribution is -2.47. The third-order valence-electron chi connectivity index (χ3n) is 4.72. The highest BCUT2D eigenvalue weighted by molar-refractivity contribution is 6.31. The number of anilines is 3. The van der Waals surface area contributed by atoms with E-state index in [1.54, 1.807) is 23.2 Å². The summed E-state index contributed by atoms with van der Waals surface area (Å²) in [6.07, 6.45) is 5.16. The van der Waals surface area contributed by atoms with Crippen molar-refractivity contribution in [2.45, 2.75) is 6.42 Å². The third kappa shape index (κ3) is 3.84. The van der Waals surface area contributed by atoms with Gasteiger partial charge in [0.05, 0.1) is 29.1 Å². The lowest BCUT2D eigenvalue weighted by molar-refractivity contribution is -0.126. The maximum atomic E-state index is 14.3. The zero-order chi connectivity index (χ0) is 20.4. The zero-order valence-electron chi connectivity index (χ0n) is 15.5. The third-order valence-corrected chi connectivity index (χ3v) is 5.01. The van der Waals surface area contributed by atoms with Gasteiger partial charge in [-0.2, -0.15) is 0 Å². The number of nitrogens with one attached hydrogen (secondary N) is 1. The van der Waals surface area contributed by atoms with Crippen LogP contribution in [0.5, 0.6) is 0 Å². The van der Waals surface area contributed by atoms with E-state index in [1.807, 2.05) is 11.0 Å². The predicted octanol–water partition coefficient (Wildman–Crippen LogP) is 3.74. The summed E-state index contributed by atoms with van der Waals surface area (Å²) in [6, 6.07) is 6.56. The van der Waals surface area contributed by atoms with E-state index in [-0.39, 0.29) is 16.6 Å². The molecule has 1 saturated heterocycles. The van der Waals surface area contributed by atoms with Crippen molar-refractivity contribution in [1.82, 2.24) is 19.9 Å². The molecular formula is C20H18ClFN6O. The van der Waals surface area contributed by atoms with Crippen LogP contribution >= 0.6 is 11.6 Å². The van der Waals surface area contributed by atoms with Crippen molar-refractivity contribution in [2.24, 2.45) is 0 Å². The summed E-state index contributed by atoms with van der Waals surface area (Å²) >= 11 is 5.87. The van der Waals surface area contributed by atoms with Gasteiger partial charge in [0.1, 0.15) is 18.0 Å². The fourth-order valence-corrected chi connectivity index (χ4v) is 3.42. The number of fused-ring (bicyclic) bond motifs is 1. The molecule has 29 heavy (non-hydrogen) atoms. The van der Waals surface area contributed by atoms with E-state index in [1.165, 1.54) is 18.5 Å². The average molecular weight is 413 g/mol. The zero-order valence-corrected chi connectivity index (χ0v) is 16.2. The molecule has 4 rings (SSSR count). The molecule has 1 N–H and O–H groups in total. The summed E-state index contributed by atoms with van der Waals surface area (Å²) in [5, 5.41) is 3.70. The molecule has 9 heteroatoms. The van der Waals surface area contributed by atoms with Crippen molar-refractivity contribution in [3.05, 3.63) is 60.3 Å². The smallest absolute Gasteiger partial charge is 0.247 e. The Bertz CT molecular complexity index is 1090. The summed E-state index contributed by atoms with van der Waals surface area (Å²) in [7, 11) is 0. The summed E-state index contributed by atoms with van der Waals surface area (Å²) in [6.45, 7) is 5.41. The van der Waals surface area contributed by atoms with Crippen molar-refractivity contribution >= 4 is 45.7 Å². The molecule has 0 aliphatic carbocycles. The normalized spacial score (nSPS) is 14.1. The minimum atomic E-state index is -0.551. The second-order valence-corrected chi connectivity index (χ2v) is 6.98. The van der Waals surface area contributed by atoms with Crippen LogP contribution in [0.3, 0.4) is 0 Å². The SMILES string of the molecule is C=CC(=O)N1CCCN(c2cc3c(Nc4cccc(Cl)c4F)ncnc3cn2)C1. The number of nitrogens with zero attached hydrogens (tertiary/aromatic N) is 5. The second kappa shape index (κ2) is 8.00. The molecule has 0 saturated carbocycles. The van der Waals surface area contributed by atoms with Crippen LogP contribution < -0.4 is 10.2 Å². The Hall–Kier alpha value is -3.26. The molecule has 1 aliphatic rings. The highest BCUT2D eigenvalue weighted by Crippen LogP contribution is 2.29. The van der Waals surface area contributed by atoms with Gasteiger partial charge in [0, 0.05) is 18.5 Å².